The van der Waals surface area contributed by atoms with Crippen LogP contribution in [0.2, 0.25) is 0 Å². The molecule has 0 amide bonds. The fourth-order valence-electron chi connectivity index (χ4n) is 1.83. The van der Waals surface area contributed by atoms with Crippen LogP contribution in [-0.4, -0.2) is 57.7 Å². The molecule has 0 saturated carbocycles. The minimum absolute atomic E-state index is 0.160. The van der Waals surface area contributed by atoms with Gasteiger partial charge in [0.2, 0.25) is 6.29 Å². The summed E-state index contributed by atoms with van der Waals surface area (Å²) in [6, 6.07) is 5.49. The van der Waals surface area contributed by atoms with Crippen molar-refractivity contribution in [2.75, 3.05) is 6.61 Å². The number of benzene rings is 1. The smallest absolute Gasteiger partial charge is 0.229 e. The second-order valence-corrected chi connectivity index (χ2v) is 4.25. The molecule has 2 rings (SSSR count). The van der Waals surface area contributed by atoms with Crippen LogP contribution in [0.1, 0.15) is 0 Å². The van der Waals surface area contributed by atoms with Gasteiger partial charge in [-0.3, -0.25) is 0 Å². The molecular weight excluding hydrogens is 259 g/mol. The molecule has 1 heterocycles. The highest BCUT2D eigenvalue weighted by Crippen LogP contribution is 2.25. The van der Waals surface area contributed by atoms with E-state index in [-0.39, 0.29) is 5.75 Å². The average molecular weight is 274 g/mol. The van der Waals surface area contributed by atoms with Crippen LogP contribution in [-0.2, 0) is 4.74 Å². The Hall–Kier alpha value is -1.25. The number of rotatable bonds is 3. The van der Waals surface area contributed by atoms with E-state index >= 15 is 0 Å². The molecule has 1 aromatic rings. The van der Waals surface area contributed by atoms with Gasteiger partial charge in [0.15, 0.2) is 11.6 Å². The van der Waals surface area contributed by atoms with Crippen molar-refractivity contribution in [3.63, 3.8) is 0 Å². The number of aliphatic hydroxyl groups is 4. The predicted octanol–water partition coefficient (Wildman–Crippen LogP) is -0.996. The molecule has 106 valence electrons. The summed E-state index contributed by atoms with van der Waals surface area (Å²) < 4.78 is 23.6. The van der Waals surface area contributed by atoms with Crippen molar-refractivity contribution in [1.82, 2.24) is 0 Å². The van der Waals surface area contributed by atoms with E-state index in [9.17, 15) is 19.7 Å². The Labute approximate surface area is 108 Å². The molecule has 0 unspecified atom stereocenters. The maximum atomic E-state index is 13.4. The molecule has 0 bridgehead atoms. The molecule has 0 aromatic heterocycles. The lowest BCUT2D eigenvalue weighted by atomic mass is 9.99. The molecule has 0 spiro atoms. The van der Waals surface area contributed by atoms with Crippen LogP contribution in [0.15, 0.2) is 24.3 Å². The first kappa shape index (κ1) is 14.2. The Morgan fingerprint density at radius 3 is 2.42 bits per heavy atom. The Morgan fingerprint density at radius 1 is 1.11 bits per heavy atom. The fraction of sp³-hybridized carbons (Fsp3) is 0.500. The van der Waals surface area contributed by atoms with E-state index in [0.29, 0.717) is 0 Å². The third-order valence-electron chi connectivity index (χ3n) is 2.93. The Bertz CT molecular complexity index is 426. The lowest BCUT2D eigenvalue weighted by Gasteiger charge is -2.39. The first-order valence-corrected chi connectivity index (χ1v) is 5.76. The molecule has 5 atom stereocenters. The van der Waals surface area contributed by atoms with E-state index in [1.807, 2.05) is 0 Å². The van der Waals surface area contributed by atoms with E-state index in [2.05, 4.69) is 0 Å². The highest BCUT2D eigenvalue weighted by atomic mass is 19.1. The van der Waals surface area contributed by atoms with Crippen molar-refractivity contribution in [3.05, 3.63) is 30.1 Å². The van der Waals surface area contributed by atoms with Crippen LogP contribution in [0.3, 0.4) is 0 Å². The molecule has 1 aromatic carbocycles. The van der Waals surface area contributed by atoms with Crippen molar-refractivity contribution >= 4 is 0 Å². The summed E-state index contributed by atoms with van der Waals surface area (Å²) in [6.45, 7) is -0.567. The van der Waals surface area contributed by atoms with Gasteiger partial charge < -0.3 is 29.9 Å². The number of aliphatic hydroxyl groups excluding tert-OH is 4. The molecule has 7 heteroatoms. The van der Waals surface area contributed by atoms with E-state index in [0.717, 1.165) is 0 Å². The highest BCUT2D eigenvalue weighted by molar-refractivity contribution is 5.24. The zero-order valence-electron chi connectivity index (χ0n) is 9.89. The topological polar surface area (TPSA) is 99.4 Å². The first-order valence-electron chi connectivity index (χ1n) is 5.76. The van der Waals surface area contributed by atoms with Crippen LogP contribution in [0.4, 0.5) is 4.39 Å². The van der Waals surface area contributed by atoms with Gasteiger partial charge in [-0.1, -0.05) is 12.1 Å². The monoisotopic (exact) mass is 274 g/mol. The summed E-state index contributed by atoms with van der Waals surface area (Å²) in [7, 11) is 0. The van der Waals surface area contributed by atoms with E-state index in [1.54, 1.807) is 0 Å². The third-order valence-corrected chi connectivity index (χ3v) is 2.93. The maximum absolute atomic E-state index is 13.4. The van der Waals surface area contributed by atoms with E-state index < -0.39 is 43.1 Å². The normalized spacial score (nSPS) is 35.1. The van der Waals surface area contributed by atoms with Gasteiger partial charge >= 0.3 is 0 Å². The number of hydrogen-bond donors (Lipinski definition) is 4. The molecule has 0 aliphatic carbocycles. The molecule has 1 aliphatic rings. The molecule has 19 heavy (non-hydrogen) atoms. The minimum atomic E-state index is -1.56. The average Bonchev–Trinajstić information content (AvgIpc) is 2.41. The number of para-hydroxylation sites is 1. The Balaban J connectivity index is 2.13. The van der Waals surface area contributed by atoms with Gasteiger partial charge in [0.05, 0.1) is 6.61 Å². The zero-order chi connectivity index (χ0) is 14.0. The summed E-state index contributed by atoms with van der Waals surface area (Å²) in [5.41, 5.74) is 0. The van der Waals surface area contributed by atoms with Crippen LogP contribution >= 0.6 is 0 Å². The lowest BCUT2D eigenvalue weighted by Crippen LogP contribution is -2.60. The number of hydrogen-bond acceptors (Lipinski definition) is 6. The third kappa shape index (κ3) is 2.85. The largest absolute Gasteiger partial charge is 0.459 e. The van der Waals surface area contributed by atoms with Gasteiger partial charge in [0.1, 0.15) is 24.4 Å². The minimum Gasteiger partial charge on any atom is -0.459 e. The van der Waals surface area contributed by atoms with E-state index in [1.165, 1.54) is 24.3 Å². The summed E-state index contributed by atoms with van der Waals surface area (Å²) >= 11 is 0. The van der Waals surface area contributed by atoms with Gasteiger partial charge in [-0.05, 0) is 12.1 Å². The molecule has 0 radical (unpaired) electrons. The van der Waals surface area contributed by atoms with Gasteiger partial charge in [0, 0.05) is 0 Å². The van der Waals surface area contributed by atoms with Gasteiger partial charge in [0.25, 0.3) is 0 Å². The molecule has 1 aliphatic heterocycles. The van der Waals surface area contributed by atoms with Crippen molar-refractivity contribution in [3.8, 4) is 5.75 Å². The maximum Gasteiger partial charge on any atom is 0.229 e. The molecule has 4 N–H and O–H groups in total. The molecule has 1 fully saturated rings. The van der Waals surface area contributed by atoms with Gasteiger partial charge in [-0.25, -0.2) is 4.39 Å². The van der Waals surface area contributed by atoms with Crippen LogP contribution in [0.5, 0.6) is 5.75 Å². The number of ether oxygens (including phenoxy) is 2. The predicted molar refractivity (Wildman–Crippen MR) is 60.8 cm³/mol. The first-order chi connectivity index (χ1) is 9.04. The molecular formula is C12H15FO6. The fourth-order valence-corrected chi connectivity index (χ4v) is 1.83. The van der Waals surface area contributed by atoms with Gasteiger partial charge in [-0.2, -0.15) is 0 Å². The second kappa shape index (κ2) is 5.81. The van der Waals surface area contributed by atoms with Gasteiger partial charge in [-0.15, -0.1) is 0 Å². The van der Waals surface area contributed by atoms with Crippen molar-refractivity contribution in [2.45, 2.75) is 30.7 Å². The Morgan fingerprint density at radius 2 is 1.79 bits per heavy atom. The Kier molecular flexibility index (Phi) is 4.33. The summed E-state index contributed by atoms with van der Waals surface area (Å²) in [6.07, 6.45) is -7.05. The standard InChI is InChI=1S/C12H15FO6/c13-6-3-1-2-4-7(6)18-12-11(17)10(16)9(15)8(5-14)19-12/h1-4,8-12,14-17H,5H2/t8-,9-,10+,11-,12-/m1/s1. The molecule has 6 nitrogen and oxygen atoms in total. The lowest BCUT2D eigenvalue weighted by molar-refractivity contribution is -0.277. The van der Waals surface area contributed by atoms with E-state index in [4.69, 9.17) is 14.6 Å². The summed E-state index contributed by atoms with van der Waals surface area (Å²) in [5.74, 6) is -0.814. The quantitative estimate of drug-likeness (QED) is 0.564. The van der Waals surface area contributed by atoms with Crippen LogP contribution < -0.4 is 4.74 Å². The zero-order valence-corrected chi connectivity index (χ0v) is 9.89. The number of halogens is 1. The SMILES string of the molecule is OC[C@H]1O[C@@H](Oc2ccccc2F)[C@H](O)[C@@H](O)[C@@H]1O. The van der Waals surface area contributed by atoms with Crippen molar-refractivity contribution < 1.29 is 34.3 Å². The molecule has 1 saturated heterocycles. The highest BCUT2D eigenvalue weighted by Gasteiger charge is 2.44. The summed E-state index contributed by atoms with van der Waals surface area (Å²) in [4.78, 5) is 0. The second-order valence-electron chi connectivity index (χ2n) is 4.25. The summed E-state index contributed by atoms with van der Waals surface area (Å²) in [5, 5.41) is 37.8. The van der Waals surface area contributed by atoms with Crippen LogP contribution in [0.25, 0.3) is 0 Å². The van der Waals surface area contributed by atoms with Crippen LogP contribution in [0, 0.1) is 5.82 Å². The van der Waals surface area contributed by atoms with Crippen molar-refractivity contribution in [2.24, 2.45) is 0 Å². The van der Waals surface area contributed by atoms with Crippen molar-refractivity contribution in [1.29, 1.82) is 0 Å².